The molecule has 0 saturated heterocycles. The van der Waals surface area contributed by atoms with E-state index in [1.165, 1.54) is 24.0 Å². The molecule has 0 aliphatic heterocycles. The minimum atomic E-state index is 0. The van der Waals surface area contributed by atoms with Gasteiger partial charge in [0.2, 0.25) is 0 Å². The maximum Gasteiger partial charge on any atom is 0.193 e. The molecule has 24 heavy (non-hydrogen) atoms. The maximum atomic E-state index is 6.03. The van der Waals surface area contributed by atoms with Gasteiger partial charge in [0, 0.05) is 23.7 Å². The zero-order valence-electron chi connectivity index (χ0n) is 14.4. The monoisotopic (exact) mass is 440 g/mol. The van der Waals surface area contributed by atoms with Crippen LogP contribution in [-0.2, 0) is 12.8 Å². The molecule has 1 aromatic heterocycles. The summed E-state index contributed by atoms with van der Waals surface area (Å²) in [5.74, 6) is 1.53. The van der Waals surface area contributed by atoms with Crippen molar-refractivity contribution >= 4 is 35.6 Å². The van der Waals surface area contributed by atoms with Gasteiger partial charge in [-0.25, -0.2) is 0 Å². The quantitative estimate of drug-likeness (QED) is 0.429. The number of benzene rings is 1. The molecule has 0 spiro atoms. The van der Waals surface area contributed by atoms with E-state index in [9.17, 15) is 0 Å². The Morgan fingerprint density at radius 3 is 2.79 bits per heavy atom. The van der Waals surface area contributed by atoms with Gasteiger partial charge < -0.3 is 15.6 Å². The number of halogens is 1. The number of aryl methyl sites for hydroxylation is 4. The van der Waals surface area contributed by atoms with Gasteiger partial charge in [0.25, 0.3) is 0 Å². The lowest BCUT2D eigenvalue weighted by molar-refractivity contribution is 0.391. The van der Waals surface area contributed by atoms with E-state index >= 15 is 0 Å². The number of rotatable bonds is 4. The van der Waals surface area contributed by atoms with Crippen LogP contribution in [0.5, 0.6) is 0 Å². The number of aliphatic imine (C=N–C) groups is 1. The summed E-state index contributed by atoms with van der Waals surface area (Å²) in [7, 11) is 0. The third-order valence-electron chi connectivity index (χ3n) is 4.49. The average molecular weight is 440 g/mol. The minimum Gasteiger partial charge on any atom is -0.370 e. The van der Waals surface area contributed by atoms with Gasteiger partial charge in [-0.3, -0.25) is 4.99 Å². The van der Waals surface area contributed by atoms with E-state index in [4.69, 9.17) is 10.3 Å². The Kier molecular flexibility index (Phi) is 6.26. The fraction of sp³-hybridized carbons (Fsp3) is 0.444. The maximum absolute atomic E-state index is 6.03. The number of guanidine groups is 1. The highest BCUT2D eigenvalue weighted by Crippen LogP contribution is 2.25. The first-order valence-corrected chi connectivity index (χ1v) is 8.16. The fourth-order valence-corrected chi connectivity index (χ4v) is 3.36. The molecule has 1 aliphatic rings. The lowest BCUT2D eigenvalue weighted by atomic mass is 10.00. The number of hydrogen-bond donors (Lipinski definition) is 2. The van der Waals surface area contributed by atoms with Crippen molar-refractivity contribution in [2.45, 2.75) is 46.0 Å². The predicted octanol–water partition coefficient (Wildman–Crippen LogP) is 3.93. The highest BCUT2D eigenvalue weighted by molar-refractivity contribution is 14.0. The molecule has 1 aliphatic carbocycles. The van der Waals surface area contributed by atoms with Crippen LogP contribution in [0, 0.1) is 13.8 Å². The Morgan fingerprint density at radius 2 is 2.08 bits per heavy atom. The van der Waals surface area contributed by atoms with Gasteiger partial charge in [0.15, 0.2) is 5.96 Å². The molecule has 1 unspecified atom stereocenters. The molecule has 130 valence electrons. The van der Waals surface area contributed by atoms with Crippen LogP contribution in [0.2, 0.25) is 0 Å². The van der Waals surface area contributed by atoms with E-state index in [-0.39, 0.29) is 29.9 Å². The predicted molar refractivity (Wildman–Crippen MR) is 108 cm³/mol. The first kappa shape index (κ1) is 18.8. The van der Waals surface area contributed by atoms with Gasteiger partial charge in [-0.1, -0.05) is 18.1 Å². The SMILES string of the molecule is Cc1noc(C)c1C(C)CN=C(N)Nc1ccc2c(c1)CCC2.I. The number of anilines is 1. The van der Waals surface area contributed by atoms with Crippen LogP contribution in [0.4, 0.5) is 5.69 Å². The van der Waals surface area contributed by atoms with Gasteiger partial charge in [0.1, 0.15) is 5.76 Å². The number of nitrogens with zero attached hydrogens (tertiary/aromatic N) is 2. The zero-order chi connectivity index (χ0) is 16.4. The third-order valence-corrected chi connectivity index (χ3v) is 4.49. The van der Waals surface area contributed by atoms with E-state index in [0.717, 1.165) is 29.1 Å². The summed E-state index contributed by atoms with van der Waals surface area (Å²) in [5.41, 5.74) is 12.0. The molecule has 5 nitrogen and oxygen atoms in total. The Bertz CT molecular complexity index is 719. The normalized spacial score (nSPS) is 14.9. The van der Waals surface area contributed by atoms with E-state index in [1.807, 2.05) is 13.8 Å². The lowest BCUT2D eigenvalue weighted by Crippen LogP contribution is -2.23. The zero-order valence-corrected chi connectivity index (χ0v) is 16.8. The van der Waals surface area contributed by atoms with Gasteiger partial charge in [0.05, 0.1) is 5.69 Å². The molecular weight excluding hydrogens is 415 g/mol. The molecule has 0 bridgehead atoms. The van der Waals surface area contributed by atoms with Crippen molar-refractivity contribution in [2.24, 2.45) is 10.7 Å². The first-order valence-electron chi connectivity index (χ1n) is 8.16. The van der Waals surface area contributed by atoms with Crippen LogP contribution < -0.4 is 11.1 Å². The molecule has 1 aromatic carbocycles. The molecule has 0 saturated carbocycles. The Balaban J connectivity index is 0.00000208. The molecule has 3 rings (SSSR count). The topological polar surface area (TPSA) is 76.4 Å². The number of hydrogen-bond acceptors (Lipinski definition) is 3. The van der Waals surface area contributed by atoms with Crippen LogP contribution in [0.1, 0.15) is 47.4 Å². The van der Waals surface area contributed by atoms with Crippen molar-refractivity contribution in [1.82, 2.24) is 5.16 Å². The average Bonchev–Trinajstić information content (AvgIpc) is 3.11. The second-order valence-electron chi connectivity index (χ2n) is 6.33. The van der Waals surface area contributed by atoms with E-state index in [0.29, 0.717) is 12.5 Å². The summed E-state index contributed by atoms with van der Waals surface area (Å²) in [5, 5.41) is 7.19. The van der Waals surface area contributed by atoms with Gasteiger partial charge in [-0.2, -0.15) is 0 Å². The van der Waals surface area contributed by atoms with Gasteiger partial charge in [-0.05, 0) is 56.4 Å². The van der Waals surface area contributed by atoms with Crippen molar-refractivity contribution in [2.75, 3.05) is 11.9 Å². The van der Waals surface area contributed by atoms with Gasteiger partial charge >= 0.3 is 0 Å². The van der Waals surface area contributed by atoms with Gasteiger partial charge in [-0.15, -0.1) is 24.0 Å². The van der Waals surface area contributed by atoms with Crippen molar-refractivity contribution in [3.63, 3.8) is 0 Å². The summed E-state index contributed by atoms with van der Waals surface area (Å²) >= 11 is 0. The van der Waals surface area contributed by atoms with E-state index < -0.39 is 0 Å². The summed E-state index contributed by atoms with van der Waals surface area (Å²) in [6.45, 7) is 6.60. The second-order valence-corrected chi connectivity index (χ2v) is 6.33. The summed E-state index contributed by atoms with van der Waals surface area (Å²) in [6, 6.07) is 6.44. The molecule has 3 N–H and O–H groups in total. The van der Waals surface area contributed by atoms with Crippen molar-refractivity contribution in [1.29, 1.82) is 0 Å². The lowest BCUT2D eigenvalue weighted by Gasteiger charge is -2.11. The third kappa shape index (κ3) is 4.09. The Morgan fingerprint density at radius 1 is 1.33 bits per heavy atom. The van der Waals surface area contributed by atoms with Crippen LogP contribution in [0.25, 0.3) is 0 Å². The smallest absolute Gasteiger partial charge is 0.193 e. The Hall–Kier alpha value is -1.57. The van der Waals surface area contributed by atoms with Crippen molar-refractivity contribution in [3.8, 4) is 0 Å². The number of fused-ring (bicyclic) bond motifs is 1. The van der Waals surface area contributed by atoms with E-state index in [1.54, 1.807) is 0 Å². The van der Waals surface area contributed by atoms with Crippen LogP contribution in [0.15, 0.2) is 27.7 Å². The highest BCUT2D eigenvalue weighted by Gasteiger charge is 2.16. The van der Waals surface area contributed by atoms with Crippen LogP contribution in [-0.4, -0.2) is 17.7 Å². The highest BCUT2D eigenvalue weighted by atomic mass is 127. The molecule has 6 heteroatoms. The number of aromatic nitrogens is 1. The standard InChI is InChI=1S/C18H24N4O.HI/c1-11(17-12(2)22-23-13(17)3)10-20-18(19)21-16-8-7-14-5-4-6-15(14)9-16;/h7-9,11H,4-6,10H2,1-3H3,(H3,19,20,21);1H. The number of nitrogens with two attached hydrogens (primary N) is 1. The molecule has 0 radical (unpaired) electrons. The summed E-state index contributed by atoms with van der Waals surface area (Å²) < 4.78 is 5.22. The molecule has 0 fully saturated rings. The Labute approximate surface area is 160 Å². The first-order chi connectivity index (χ1) is 11.0. The summed E-state index contributed by atoms with van der Waals surface area (Å²) in [4.78, 5) is 4.46. The molecule has 1 heterocycles. The summed E-state index contributed by atoms with van der Waals surface area (Å²) in [6.07, 6.45) is 3.59. The molecular formula is C18H25IN4O. The molecule has 2 aromatic rings. The molecule has 1 atom stereocenters. The van der Waals surface area contributed by atoms with Crippen LogP contribution >= 0.6 is 24.0 Å². The van der Waals surface area contributed by atoms with Crippen molar-refractivity contribution < 1.29 is 4.52 Å². The minimum absolute atomic E-state index is 0. The van der Waals surface area contributed by atoms with E-state index in [2.05, 4.69) is 40.6 Å². The van der Waals surface area contributed by atoms with Crippen LogP contribution in [0.3, 0.4) is 0 Å². The molecule has 0 amide bonds. The second kappa shape index (κ2) is 8.00. The number of nitrogens with one attached hydrogen (secondary N) is 1. The fourth-order valence-electron chi connectivity index (χ4n) is 3.36. The van der Waals surface area contributed by atoms with Crippen molar-refractivity contribution in [3.05, 3.63) is 46.3 Å². The largest absolute Gasteiger partial charge is 0.370 e.